The van der Waals surface area contributed by atoms with Crippen LogP contribution >= 0.6 is 12.6 Å². The summed E-state index contributed by atoms with van der Waals surface area (Å²) in [5, 5.41) is 2.70. The summed E-state index contributed by atoms with van der Waals surface area (Å²) in [7, 11) is 0. The van der Waals surface area contributed by atoms with Crippen molar-refractivity contribution < 1.29 is 5.32 Å². The minimum Gasteiger partial charge on any atom is -0.277 e. The molecular formula is C8H10NS+. The van der Waals surface area contributed by atoms with Crippen LogP contribution in [0.4, 0.5) is 5.69 Å². The highest BCUT2D eigenvalue weighted by Gasteiger charge is 1.92. The van der Waals surface area contributed by atoms with Gasteiger partial charge in [0.15, 0.2) is 5.03 Å². The average molecular weight is 152 g/mol. The Bertz CT molecular complexity index is 218. The van der Waals surface area contributed by atoms with E-state index < -0.39 is 0 Å². The summed E-state index contributed by atoms with van der Waals surface area (Å²) >= 11 is 4.06. The van der Waals surface area contributed by atoms with E-state index in [9.17, 15) is 0 Å². The molecule has 0 saturated heterocycles. The number of hydrogen-bond donors (Lipinski definition) is 2. The summed E-state index contributed by atoms with van der Waals surface area (Å²) in [4.78, 5) is 0. The van der Waals surface area contributed by atoms with E-state index in [0.717, 1.165) is 10.7 Å². The van der Waals surface area contributed by atoms with Gasteiger partial charge in [-0.05, 0) is 18.7 Å². The van der Waals surface area contributed by atoms with Crippen LogP contribution in [0.2, 0.25) is 0 Å². The van der Waals surface area contributed by atoms with Crippen molar-refractivity contribution in [1.82, 2.24) is 0 Å². The molecule has 2 heteroatoms. The first-order valence-electron chi connectivity index (χ1n) is 3.07. The molecule has 0 spiro atoms. The van der Waals surface area contributed by atoms with E-state index in [4.69, 9.17) is 0 Å². The van der Waals surface area contributed by atoms with Crippen LogP contribution < -0.4 is 5.32 Å². The normalized spacial score (nSPS) is 9.30. The predicted octanol–water partition coefficient (Wildman–Crippen LogP) is 1.28. The molecule has 0 fully saturated rings. The van der Waals surface area contributed by atoms with Crippen molar-refractivity contribution in [3.8, 4) is 0 Å². The van der Waals surface area contributed by atoms with Gasteiger partial charge in [-0.15, -0.1) is 0 Å². The molecule has 0 heterocycles. The van der Waals surface area contributed by atoms with Gasteiger partial charge in [-0.25, -0.2) is 0 Å². The van der Waals surface area contributed by atoms with Gasteiger partial charge in [0, 0.05) is 0 Å². The molecule has 1 aromatic carbocycles. The van der Waals surface area contributed by atoms with Crippen LogP contribution in [0.1, 0.15) is 0 Å². The summed E-state index contributed by atoms with van der Waals surface area (Å²) < 4.78 is 0. The average Bonchev–Trinajstić information content (AvgIpc) is 1.88. The first-order valence-corrected chi connectivity index (χ1v) is 3.51. The maximum Gasteiger partial charge on any atom is 0.158 e. The molecule has 1 rings (SSSR count). The minimum atomic E-state index is 0.784. The van der Waals surface area contributed by atoms with E-state index in [1.807, 2.05) is 35.6 Å². The zero-order valence-electron chi connectivity index (χ0n) is 5.62. The Morgan fingerprint density at radius 3 is 2.40 bits per heavy atom. The van der Waals surface area contributed by atoms with Gasteiger partial charge in [0.1, 0.15) is 5.69 Å². The first-order chi connectivity index (χ1) is 4.79. The highest BCUT2D eigenvalue weighted by atomic mass is 32.1. The Morgan fingerprint density at radius 2 is 1.90 bits per heavy atom. The lowest BCUT2D eigenvalue weighted by molar-refractivity contribution is -0.503. The van der Waals surface area contributed by atoms with Gasteiger partial charge in [0.25, 0.3) is 0 Å². The number of benzene rings is 1. The summed E-state index contributed by atoms with van der Waals surface area (Å²) in [5.41, 5.74) is 1.14. The zero-order chi connectivity index (χ0) is 7.40. The van der Waals surface area contributed by atoms with Crippen molar-refractivity contribution in [3.63, 3.8) is 0 Å². The fraction of sp³-hybridized carbons (Fsp3) is 0. The summed E-state index contributed by atoms with van der Waals surface area (Å²) in [6.45, 7) is 3.66. The van der Waals surface area contributed by atoms with Gasteiger partial charge in [-0.1, -0.05) is 30.8 Å². The SMILES string of the molecule is C=C(S)[NH2+]c1ccccc1. The van der Waals surface area contributed by atoms with Crippen LogP contribution in [-0.4, -0.2) is 0 Å². The second kappa shape index (κ2) is 3.44. The molecule has 0 unspecified atom stereocenters. The lowest BCUT2D eigenvalue weighted by Crippen LogP contribution is -2.73. The van der Waals surface area contributed by atoms with Gasteiger partial charge in [0.05, 0.1) is 0 Å². The standard InChI is InChI=1S/C8H9NS/c1-7(10)9-8-5-3-2-4-6-8/h2-6,9-10H,1H2/p+1. The third-order valence-corrected chi connectivity index (χ3v) is 1.26. The number of thiol groups is 1. The largest absolute Gasteiger partial charge is 0.277 e. The summed E-state index contributed by atoms with van der Waals surface area (Å²) in [6.07, 6.45) is 0. The highest BCUT2D eigenvalue weighted by Crippen LogP contribution is 1.97. The number of quaternary nitrogens is 1. The maximum atomic E-state index is 4.06. The number of nitrogens with two attached hydrogens (primary N) is 1. The lowest BCUT2D eigenvalue weighted by atomic mass is 10.3. The molecule has 0 aliphatic carbocycles. The Kier molecular flexibility index (Phi) is 2.54. The summed E-state index contributed by atoms with van der Waals surface area (Å²) in [5.74, 6) is 0. The van der Waals surface area contributed by atoms with E-state index >= 15 is 0 Å². The first kappa shape index (κ1) is 7.38. The molecule has 0 bridgehead atoms. The number of hydrogen-bond acceptors (Lipinski definition) is 1. The molecule has 1 aromatic rings. The molecule has 0 atom stereocenters. The third-order valence-electron chi connectivity index (χ3n) is 1.13. The van der Waals surface area contributed by atoms with Crippen LogP contribution in [0, 0.1) is 0 Å². The third kappa shape index (κ3) is 2.25. The zero-order valence-corrected chi connectivity index (χ0v) is 6.51. The van der Waals surface area contributed by atoms with Crippen LogP contribution in [0.5, 0.6) is 0 Å². The van der Waals surface area contributed by atoms with Gasteiger partial charge >= 0.3 is 0 Å². The molecule has 10 heavy (non-hydrogen) atoms. The number of rotatable bonds is 2. The van der Waals surface area contributed by atoms with E-state index in [2.05, 4.69) is 19.2 Å². The quantitative estimate of drug-likeness (QED) is 0.469. The Labute approximate surface area is 66.2 Å². The monoisotopic (exact) mass is 152 g/mol. The van der Waals surface area contributed by atoms with Gasteiger partial charge in [-0.3, -0.25) is 5.32 Å². The molecule has 0 radical (unpaired) electrons. The maximum absolute atomic E-state index is 4.06. The Morgan fingerprint density at radius 1 is 1.30 bits per heavy atom. The fourth-order valence-electron chi connectivity index (χ4n) is 0.742. The van der Waals surface area contributed by atoms with Crippen molar-refractivity contribution in [1.29, 1.82) is 0 Å². The molecule has 0 amide bonds. The fourth-order valence-corrected chi connectivity index (χ4v) is 0.891. The molecule has 2 N–H and O–H groups in total. The van der Waals surface area contributed by atoms with Gasteiger partial charge < -0.3 is 0 Å². The second-order valence-electron chi connectivity index (χ2n) is 2.05. The molecule has 0 saturated carbocycles. The van der Waals surface area contributed by atoms with E-state index in [-0.39, 0.29) is 0 Å². The van der Waals surface area contributed by atoms with E-state index in [1.165, 1.54) is 0 Å². The molecular weight excluding hydrogens is 142 g/mol. The van der Waals surface area contributed by atoms with Crippen molar-refractivity contribution in [2.45, 2.75) is 0 Å². The van der Waals surface area contributed by atoms with Crippen molar-refractivity contribution in [3.05, 3.63) is 41.9 Å². The van der Waals surface area contributed by atoms with Gasteiger partial charge in [-0.2, -0.15) is 0 Å². The van der Waals surface area contributed by atoms with Crippen LogP contribution in [0.15, 0.2) is 41.9 Å². The molecule has 1 nitrogen and oxygen atoms in total. The number of para-hydroxylation sites is 1. The smallest absolute Gasteiger partial charge is 0.158 e. The van der Waals surface area contributed by atoms with Crippen LogP contribution in [0.25, 0.3) is 0 Å². The van der Waals surface area contributed by atoms with E-state index in [0.29, 0.717) is 0 Å². The van der Waals surface area contributed by atoms with Gasteiger partial charge in [0.2, 0.25) is 0 Å². The topological polar surface area (TPSA) is 16.6 Å². The van der Waals surface area contributed by atoms with E-state index in [1.54, 1.807) is 0 Å². The van der Waals surface area contributed by atoms with Crippen LogP contribution in [-0.2, 0) is 0 Å². The predicted molar refractivity (Wildman–Crippen MR) is 46.2 cm³/mol. The molecule has 0 aromatic heterocycles. The summed E-state index contributed by atoms with van der Waals surface area (Å²) in [6, 6.07) is 9.99. The molecule has 0 aliphatic rings. The Hall–Kier alpha value is -0.730. The molecule has 0 aliphatic heterocycles. The lowest BCUT2D eigenvalue weighted by Gasteiger charge is -1.94. The second-order valence-corrected chi connectivity index (χ2v) is 2.62. The molecule has 52 valence electrons. The Balaban J connectivity index is 2.67. The van der Waals surface area contributed by atoms with Crippen molar-refractivity contribution >= 4 is 18.3 Å². The highest BCUT2D eigenvalue weighted by molar-refractivity contribution is 7.84. The van der Waals surface area contributed by atoms with Crippen molar-refractivity contribution in [2.24, 2.45) is 0 Å². The minimum absolute atomic E-state index is 0.784. The van der Waals surface area contributed by atoms with Crippen LogP contribution in [0.3, 0.4) is 0 Å². The van der Waals surface area contributed by atoms with Crippen molar-refractivity contribution in [2.75, 3.05) is 0 Å².